The number of carbonyl (C=O) groups is 1. The quantitative estimate of drug-likeness (QED) is 0.695. The summed E-state index contributed by atoms with van der Waals surface area (Å²) < 4.78 is 13.5. The number of rotatable bonds is 3. The summed E-state index contributed by atoms with van der Waals surface area (Å²) in [7, 11) is 0. The number of ketones is 1. The normalized spacial score (nSPS) is 10.3. The molecular weight excluding hydrogens is 297 g/mol. The topological polar surface area (TPSA) is 43.1 Å². The molecule has 2 rings (SSSR count). The highest BCUT2D eigenvalue weighted by molar-refractivity contribution is 9.10. The molecule has 0 saturated heterocycles. The van der Waals surface area contributed by atoms with Gasteiger partial charge in [0.15, 0.2) is 5.78 Å². The van der Waals surface area contributed by atoms with Crippen molar-refractivity contribution in [3.8, 4) is 0 Å². The molecule has 0 heterocycles. The van der Waals surface area contributed by atoms with Gasteiger partial charge in [-0.1, -0.05) is 28.1 Å². The van der Waals surface area contributed by atoms with Gasteiger partial charge in [-0.05, 0) is 35.9 Å². The summed E-state index contributed by atoms with van der Waals surface area (Å²) in [5, 5.41) is 0. The maximum Gasteiger partial charge on any atom is 0.168 e. The molecular formula is C14H11BrFNO. The minimum absolute atomic E-state index is 0.0548. The minimum Gasteiger partial charge on any atom is -0.399 e. The van der Waals surface area contributed by atoms with E-state index >= 15 is 0 Å². The van der Waals surface area contributed by atoms with Gasteiger partial charge >= 0.3 is 0 Å². The summed E-state index contributed by atoms with van der Waals surface area (Å²) in [6.07, 6.45) is 0.225. The lowest BCUT2D eigenvalue weighted by molar-refractivity contribution is 0.0992. The molecule has 0 aliphatic carbocycles. The van der Waals surface area contributed by atoms with Gasteiger partial charge < -0.3 is 5.73 Å². The maximum atomic E-state index is 12.8. The summed E-state index contributed by atoms with van der Waals surface area (Å²) in [6, 6.07) is 11.0. The van der Waals surface area contributed by atoms with E-state index in [1.807, 2.05) is 0 Å². The molecule has 2 N–H and O–H groups in total. The van der Waals surface area contributed by atoms with Gasteiger partial charge in [-0.25, -0.2) is 4.39 Å². The summed E-state index contributed by atoms with van der Waals surface area (Å²) >= 11 is 3.32. The average molecular weight is 308 g/mol. The van der Waals surface area contributed by atoms with Crippen LogP contribution in [-0.2, 0) is 6.42 Å². The van der Waals surface area contributed by atoms with E-state index in [4.69, 9.17) is 5.73 Å². The fourth-order valence-electron chi connectivity index (χ4n) is 1.64. The van der Waals surface area contributed by atoms with Crippen LogP contribution in [0.15, 0.2) is 46.9 Å². The molecule has 2 aromatic rings. The Kier molecular flexibility index (Phi) is 3.77. The van der Waals surface area contributed by atoms with Crippen molar-refractivity contribution >= 4 is 27.4 Å². The van der Waals surface area contributed by atoms with E-state index in [0.29, 0.717) is 15.7 Å². The van der Waals surface area contributed by atoms with E-state index in [2.05, 4.69) is 15.9 Å². The number of nitrogen functional groups attached to an aromatic ring is 1. The highest BCUT2D eigenvalue weighted by atomic mass is 79.9. The first-order chi connectivity index (χ1) is 8.56. The smallest absolute Gasteiger partial charge is 0.168 e. The lowest BCUT2D eigenvalue weighted by Gasteiger charge is -2.05. The third-order valence-electron chi connectivity index (χ3n) is 2.57. The van der Waals surface area contributed by atoms with E-state index in [1.165, 1.54) is 12.1 Å². The molecule has 0 saturated carbocycles. The fraction of sp³-hybridized carbons (Fsp3) is 0.0714. The van der Waals surface area contributed by atoms with E-state index in [-0.39, 0.29) is 18.0 Å². The first kappa shape index (κ1) is 12.8. The highest BCUT2D eigenvalue weighted by Gasteiger charge is 2.11. The number of hydrogen-bond acceptors (Lipinski definition) is 2. The van der Waals surface area contributed by atoms with Gasteiger partial charge in [0.1, 0.15) is 5.82 Å². The lowest BCUT2D eigenvalue weighted by Crippen LogP contribution is -2.05. The molecule has 0 atom stereocenters. The number of benzene rings is 2. The Morgan fingerprint density at radius 3 is 2.50 bits per heavy atom. The van der Waals surface area contributed by atoms with E-state index in [1.54, 1.807) is 30.3 Å². The number of anilines is 1. The Bertz CT molecular complexity index is 581. The van der Waals surface area contributed by atoms with Crippen molar-refractivity contribution in [1.29, 1.82) is 0 Å². The standard InChI is InChI=1S/C14H11BrFNO/c15-13-6-5-11(17)8-12(13)14(18)7-9-1-3-10(16)4-2-9/h1-6,8H,7,17H2. The van der Waals surface area contributed by atoms with Crippen LogP contribution in [0.4, 0.5) is 10.1 Å². The van der Waals surface area contributed by atoms with Gasteiger partial charge in [-0.3, -0.25) is 4.79 Å². The third kappa shape index (κ3) is 2.96. The van der Waals surface area contributed by atoms with E-state index < -0.39 is 0 Å². The van der Waals surface area contributed by atoms with Crippen molar-refractivity contribution in [1.82, 2.24) is 0 Å². The number of hydrogen-bond donors (Lipinski definition) is 1. The van der Waals surface area contributed by atoms with Crippen molar-refractivity contribution in [2.75, 3.05) is 5.73 Å². The molecule has 18 heavy (non-hydrogen) atoms. The number of carbonyl (C=O) groups excluding carboxylic acids is 1. The van der Waals surface area contributed by atoms with Crippen molar-refractivity contribution in [3.05, 3.63) is 63.9 Å². The van der Waals surface area contributed by atoms with Crippen LogP contribution in [0.2, 0.25) is 0 Å². The van der Waals surface area contributed by atoms with Gasteiger partial charge in [0.05, 0.1) is 0 Å². The Hall–Kier alpha value is -1.68. The molecule has 0 aliphatic heterocycles. The van der Waals surface area contributed by atoms with E-state index in [0.717, 1.165) is 5.56 Å². The van der Waals surface area contributed by atoms with Crippen LogP contribution in [0.25, 0.3) is 0 Å². The summed E-state index contributed by atoms with van der Waals surface area (Å²) in [5.74, 6) is -0.364. The van der Waals surface area contributed by atoms with Crippen LogP contribution in [0.1, 0.15) is 15.9 Å². The highest BCUT2D eigenvalue weighted by Crippen LogP contribution is 2.21. The molecule has 0 bridgehead atoms. The SMILES string of the molecule is Nc1ccc(Br)c(C(=O)Cc2ccc(F)cc2)c1. The number of nitrogens with two attached hydrogens (primary N) is 1. The van der Waals surface area contributed by atoms with Crippen LogP contribution in [0, 0.1) is 5.82 Å². The molecule has 92 valence electrons. The van der Waals surface area contributed by atoms with Gasteiger partial charge in [0, 0.05) is 22.1 Å². The second-order valence-corrected chi connectivity index (χ2v) is 4.82. The van der Waals surface area contributed by atoms with E-state index in [9.17, 15) is 9.18 Å². The minimum atomic E-state index is -0.309. The molecule has 0 spiro atoms. The molecule has 2 aromatic carbocycles. The largest absolute Gasteiger partial charge is 0.399 e. The van der Waals surface area contributed by atoms with Crippen LogP contribution >= 0.6 is 15.9 Å². The van der Waals surface area contributed by atoms with Crippen LogP contribution in [0.5, 0.6) is 0 Å². The zero-order valence-corrected chi connectivity index (χ0v) is 11.1. The van der Waals surface area contributed by atoms with Gasteiger partial charge in [0.2, 0.25) is 0 Å². The molecule has 4 heteroatoms. The van der Waals surface area contributed by atoms with Crippen LogP contribution in [0.3, 0.4) is 0 Å². The summed E-state index contributed by atoms with van der Waals surface area (Å²) in [4.78, 5) is 12.1. The van der Waals surface area contributed by atoms with Gasteiger partial charge in [-0.15, -0.1) is 0 Å². The molecule has 0 aliphatic rings. The monoisotopic (exact) mass is 307 g/mol. The first-order valence-corrected chi connectivity index (χ1v) is 6.18. The Labute approximate surface area is 113 Å². The third-order valence-corrected chi connectivity index (χ3v) is 3.26. The Morgan fingerprint density at radius 1 is 1.17 bits per heavy atom. The van der Waals surface area contributed by atoms with Gasteiger partial charge in [0.25, 0.3) is 0 Å². The second-order valence-electron chi connectivity index (χ2n) is 3.97. The maximum absolute atomic E-state index is 12.8. The second kappa shape index (κ2) is 5.31. The molecule has 2 nitrogen and oxygen atoms in total. The van der Waals surface area contributed by atoms with Crippen LogP contribution < -0.4 is 5.73 Å². The molecule has 0 fully saturated rings. The Balaban J connectivity index is 2.21. The fourth-order valence-corrected chi connectivity index (χ4v) is 2.11. The molecule has 0 aromatic heterocycles. The molecule has 0 amide bonds. The zero-order valence-electron chi connectivity index (χ0n) is 9.49. The van der Waals surface area contributed by atoms with Crippen molar-refractivity contribution < 1.29 is 9.18 Å². The predicted octanol–water partition coefficient (Wildman–Crippen LogP) is 3.60. The zero-order chi connectivity index (χ0) is 13.1. The van der Waals surface area contributed by atoms with Gasteiger partial charge in [-0.2, -0.15) is 0 Å². The van der Waals surface area contributed by atoms with Crippen molar-refractivity contribution in [2.24, 2.45) is 0 Å². The summed E-state index contributed by atoms with van der Waals surface area (Å²) in [6.45, 7) is 0. The number of halogens is 2. The molecule has 0 radical (unpaired) electrons. The lowest BCUT2D eigenvalue weighted by atomic mass is 10.0. The van der Waals surface area contributed by atoms with Crippen LogP contribution in [-0.4, -0.2) is 5.78 Å². The van der Waals surface area contributed by atoms with Crippen molar-refractivity contribution in [2.45, 2.75) is 6.42 Å². The molecule has 0 unspecified atom stereocenters. The summed E-state index contributed by atoms with van der Waals surface area (Å²) in [5.41, 5.74) is 7.51. The average Bonchev–Trinajstić information content (AvgIpc) is 2.35. The predicted molar refractivity (Wildman–Crippen MR) is 73.0 cm³/mol. The van der Waals surface area contributed by atoms with Crippen molar-refractivity contribution in [3.63, 3.8) is 0 Å². The Morgan fingerprint density at radius 2 is 1.83 bits per heavy atom. The number of Topliss-reactive ketones (excluding diaryl/α,β-unsaturated/α-hetero) is 1. The first-order valence-electron chi connectivity index (χ1n) is 5.39.